The predicted molar refractivity (Wildman–Crippen MR) is 104 cm³/mol. The van der Waals surface area contributed by atoms with Crippen LogP contribution in [0.15, 0.2) is 5.38 Å². The van der Waals surface area contributed by atoms with Gasteiger partial charge in [-0.05, 0) is 18.8 Å². The molecule has 0 unspecified atom stereocenters. The Hall–Kier alpha value is -2.20. The molecule has 3 heterocycles. The van der Waals surface area contributed by atoms with Gasteiger partial charge in [0.2, 0.25) is 5.91 Å². The van der Waals surface area contributed by atoms with Crippen molar-refractivity contribution in [2.24, 2.45) is 5.92 Å². The van der Waals surface area contributed by atoms with Gasteiger partial charge in [-0.15, -0.1) is 11.3 Å². The molecule has 1 aromatic heterocycles. The van der Waals surface area contributed by atoms with Crippen molar-refractivity contribution in [3.8, 4) is 0 Å². The number of nitrogens with zero attached hydrogens (tertiary/aromatic N) is 3. The Morgan fingerprint density at radius 3 is 2.64 bits per heavy atom. The van der Waals surface area contributed by atoms with Crippen LogP contribution >= 0.6 is 11.3 Å². The first-order valence-electron chi connectivity index (χ1n) is 9.51. The molecular weight excluding hydrogens is 384 g/mol. The lowest BCUT2D eigenvalue weighted by molar-refractivity contribution is -0.149. The summed E-state index contributed by atoms with van der Waals surface area (Å²) in [5.41, 5.74) is 0.265. The molecule has 0 spiro atoms. The maximum Gasteiger partial charge on any atom is 0.326 e. The van der Waals surface area contributed by atoms with Gasteiger partial charge in [-0.25, -0.2) is 9.78 Å². The van der Waals surface area contributed by atoms with Crippen molar-refractivity contribution in [2.45, 2.75) is 38.8 Å². The predicted octanol–water partition coefficient (Wildman–Crippen LogP) is 0.810. The maximum atomic E-state index is 12.9. The number of amides is 2. The fourth-order valence-corrected chi connectivity index (χ4v) is 4.32. The minimum absolute atomic E-state index is 0.177. The van der Waals surface area contributed by atoms with Gasteiger partial charge < -0.3 is 25.0 Å². The third-order valence-corrected chi connectivity index (χ3v) is 5.95. The van der Waals surface area contributed by atoms with Gasteiger partial charge in [-0.1, -0.05) is 13.8 Å². The zero-order chi connectivity index (χ0) is 20.3. The van der Waals surface area contributed by atoms with E-state index in [-0.39, 0.29) is 17.5 Å². The summed E-state index contributed by atoms with van der Waals surface area (Å²) in [6.07, 6.45) is 1.09. The average molecular weight is 410 g/mol. The first-order valence-corrected chi connectivity index (χ1v) is 10.4. The smallest absolute Gasteiger partial charge is 0.326 e. The van der Waals surface area contributed by atoms with Gasteiger partial charge in [0.05, 0.1) is 13.2 Å². The first-order chi connectivity index (χ1) is 13.4. The second kappa shape index (κ2) is 8.87. The Morgan fingerprint density at radius 1 is 1.29 bits per heavy atom. The number of likely N-dealkylation sites (tertiary alicyclic amines) is 1. The molecule has 0 radical (unpaired) electrons. The fraction of sp³-hybridized carbons (Fsp3) is 0.667. The van der Waals surface area contributed by atoms with E-state index in [1.54, 1.807) is 5.38 Å². The molecule has 0 aliphatic carbocycles. The number of morpholine rings is 1. The molecule has 2 amide bonds. The van der Waals surface area contributed by atoms with Gasteiger partial charge in [0.25, 0.3) is 5.91 Å². The Balaban J connectivity index is 1.68. The first kappa shape index (κ1) is 20.5. The highest BCUT2D eigenvalue weighted by Gasteiger charge is 2.38. The number of carboxylic acids is 1. The van der Waals surface area contributed by atoms with Crippen molar-refractivity contribution in [3.05, 3.63) is 11.1 Å². The van der Waals surface area contributed by atoms with E-state index in [1.165, 1.54) is 16.2 Å². The molecule has 2 aliphatic heterocycles. The zero-order valence-corrected chi connectivity index (χ0v) is 16.9. The summed E-state index contributed by atoms with van der Waals surface area (Å²) in [6, 6.07) is -1.61. The molecule has 2 N–H and O–H groups in total. The second-order valence-corrected chi connectivity index (χ2v) is 8.17. The van der Waals surface area contributed by atoms with Crippen molar-refractivity contribution < 1.29 is 24.2 Å². The summed E-state index contributed by atoms with van der Waals surface area (Å²) in [5, 5.41) is 14.5. The minimum atomic E-state index is -1.01. The molecule has 28 heavy (non-hydrogen) atoms. The van der Waals surface area contributed by atoms with Crippen LogP contribution in [0.25, 0.3) is 0 Å². The molecule has 9 nitrogen and oxygen atoms in total. The van der Waals surface area contributed by atoms with Crippen LogP contribution in [0.5, 0.6) is 0 Å². The van der Waals surface area contributed by atoms with E-state index >= 15 is 0 Å². The van der Waals surface area contributed by atoms with Crippen LogP contribution in [-0.2, 0) is 14.3 Å². The van der Waals surface area contributed by atoms with E-state index in [1.807, 2.05) is 13.8 Å². The fourth-order valence-electron chi connectivity index (χ4n) is 3.46. The number of hydrogen-bond acceptors (Lipinski definition) is 7. The molecule has 0 bridgehead atoms. The average Bonchev–Trinajstić information content (AvgIpc) is 3.35. The number of thiazole rings is 1. The van der Waals surface area contributed by atoms with Crippen LogP contribution < -0.4 is 10.2 Å². The number of rotatable bonds is 6. The molecule has 10 heteroatoms. The maximum absolute atomic E-state index is 12.9. The summed E-state index contributed by atoms with van der Waals surface area (Å²) in [6.45, 7) is 6.77. The Kier molecular flexibility index (Phi) is 6.50. The highest BCUT2D eigenvalue weighted by Crippen LogP contribution is 2.23. The lowest BCUT2D eigenvalue weighted by atomic mass is 10.0. The molecule has 0 saturated carbocycles. The summed E-state index contributed by atoms with van der Waals surface area (Å²) in [7, 11) is 0. The van der Waals surface area contributed by atoms with Crippen LogP contribution in [0.2, 0.25) is 0 Å². The summed E-state index contributed by atoms with van der Waals surface area (Å²) >= 11 is 1.38. The van der Waals surface area contributed by atoms with E-state index in [0.717, 1.165) is 18.2 Å². The second-order valence-electron chi connectivity index (χ2n) is 7.34. The van der Waals surface area contributed by atoms with Gasteiger partial charge >= 0.3 is 5.97 Å². The van der Waals surface area contributed by atoms with E-state index in [0.29, 0.717) is 32.6 Å². The van der Waals surface area contributed by atoms with Gasteiger partial charge in [0, 0.05) is 25.0 Å². The van der Waals surface area contributed by atoms with Crippen molar-refractivity contribution in [2.75, 3.05) is 37.7 Å². The quantitative estimate of drug-likeness (QED) is 0.714. The van der Waals surface area contributed by atoms with Crippen LogP contribution in [-0.4, -0.2) is 77.7 Å². The zero-order valence-electron chi connectivity index (χ0n) is 16.1. The van der Waals surface area contributed by atoms with E-state index < -0.39 is 24.0 Å². The van der Waals surface area contributed by atoms with E-state index in [4.69, 9.17) is 4.74 Å². The molecule has 2 aliphatic rings. The molecule has 2 saturated heterocycles. The normalized spacial score (nSPS) is 21.0. The number of carbonyl (C=O) groups excluding carboxylic acids is 2. The monoisotopic (exact) mass is 410 g/mol. The van der Waals surface area contributed by atoms with Gasteiger partial charge in [-0.3, -0.25) is 9.59 Å². The summed E-state index contributed by atoms with van der Waals surface area (Å²) in [4.78, 5) is 44.9. The highest BCUT2D eigenvalue weighted by molar-refractivity contribution is 7.13. The van der Waals surface area contributed by atoms with Crippen molar-refractivity contribution >= 4 is 34.3 Å². The van der Waals surface area contributed by atoms with E-state index in [2.05, 4.69) is 15.2 Å². The molecule has 2 fully saturated rings. The Labute approximate surface area is 167 Å². The number of nitrogens with one attached hydrogen (secondary N) is 1. The van der Waals surface area contributed by atoms with Crippen LogP contribution in [0.1, 0.15) is 37.2 Å². The SMILES string of the molecule is CC(C)[C@H](NC(=O)c1csc(N2CCOCC2)n1)C(=O)N1CCC[C@H]1C(=O)O. The molecule has 3 rings (SSSR count). The molecule has 0 aromatic carbocycles. The molecular formula is C18H26N4O5S. The van der Waals surface area contributed by atoms with Crippen LogP contribution in [0.4, 0.5) is 5.13 Å². The van der Waals surface area contributed by atoms with Crippen molar-refractivity contribution in [1.82, 2.24) is 15.2 Å². The topological polar surface area (TPSA) is 112 Å². The largest absolute Gasteiger partial charge is 0.480 e. The van der Waals surface area contributed by atoms with Crippen LogP contribution in [0, 0.1) is 5.92 Å². The number of carbonyl (C=O) groups is 3. The van der Waals surface area contributed by atoms with Gasteiger partial charge in [0.15, 0.2) is 5.13 Å². The Morgan fingerprint density at radius 2 is 2.00 bits per heavy atom. The third-order valence-electron chi connectivity index (χ3n) is 5.05. The Bertz CT molecular complexity index is 731. The van der Waals surface area contributed by atoms with E-state index in [9.17, 15) is 19.5 Å². The standard InChI is InChI=1S/C18H26N4O5S/c1-11(2)14(16(24)22-5-3-4-13(22)17(25)26)20-15(23)12-10-28-18(19-12)21-6-8-27-9-7-21/h10-11,13-14H,3-9H2,1-2H3,(H,20,23)(H,25,26)/t13-,14-/m0/s1. The van der Waals surface area contributed by atoms with Crippen molar-refractivity contribution in [1.29, 1.82) is 0 Å². The lowest BCUT2D eigenvalue weighted by Crippen LogP contribution is -2.53. The molecule has 2 atom stereocenters. The highest BCUT2D eigenvalue weighted by atomic mass is 32.1. The van der Waals surface area contributed by atoms with Gasteiger partial charge in [0.1, 0.15) is 17.8 Å². The number of carboxylic acid groups (broad SMARTS) is 1. The number of hydrogen-bond donors (Lipinski definition) is 2. The summed E-state index contributed by atoms with van der Waals surface area (Å²) in [5.74, 6) is -1.95. The third kappa shape index (κ3) is 4.44. The summed E-state index contributed by atoms with van der Waals surface area (Å²) < 4.78 is 5.33. The number of anilines is 1. The number of aliphatic carboxylic acids is 1. The number of aromatic nitrogens is 1. The van der Waals surface area contributed by atoms with Crippen LogP contribution in [0.3, 0.4) is 0 Å². The molecule has 154 valence electrons. The minimum Gasteiger partial charge on any atom is -0.480 e. The molecule has 1 aromatic rings. The number of ether oxygens (including phenoxy) is 1. The van der Waals surface area contributed by atoms with Crippen molar-refractivity contribution in [3.63, 3.8) is 0 Å². The van der Waals surface area contributed by atoms with Gasteiger partial charge in [-0.2, -0.15) is 0 Å². The lowest BCUT2D eigenvalue weighted by Gasteiger charge is -2.29.